The molecule has 0 saturated carbocycles. The zero-order chi connectivity index (χ0) is 17.4. The van der Waals surface area contributed by atoms with Gasteiger partial charge in [0.15, 0.2) is 0 Å². The van der Waals surface area contributed by atoms with Crippen molar-refractivity contribution in [3.05, 3.63) is 17.0 Å². The summed E-state index contributed by atoms with van der Waals surface area (Å²) in [5.74, 6) is 0.588. The Balaban J connectivity index is 2.20. The highest BCUT2D eigenvalue weighted by Gasteiger charge is 2.39. The van der Waals surface area contributed by atoms with Crippen LogP contribution in [0.4, 0.5) is 0 Å². The Labute approximate surface area is 137 Å². The first-order valence-corrected chi connectivity index (χ1v) is 9.71. The number of hydrogen-bond donors (Lipinski definition) is 1. The van der Waals surface area contributed by atoms with Crippen LogP contribution in [-0.4, -0.2) is 49.2 Å². The summed E-state index contributed by atoms with van der Waals surface area (Å²) >= 11 is 0. The molecule has 2 rings (SSSR count). The number of aryl methyl sites for hydroxylation is 2. The highest BCUT2D eigenvalue weighted by molar-refractivity contribution is 7.88. The van der Waals surface area contributed by atoms with Crippen molar-refractivity contribution < 1.29 is 17.7 Å². The van der Waals surface area contributed by atoms with Crippen molar-refractivity contribution in [1.82, 2.24) is 14.8 Å². The van der Waals surface area contributed by atoms with Gasteiger partial charge in [-0.25, -0.2) is 8.42 Å². The van der Waals surface area contributed by atoms with E-state index in [9.17, 15) is 13.2 Å². The molecular weight excluding hydrogens is 318 g/mol. The van der Waals surface area contributed by atoms with Gasteiger partial charge < -0.3 is 9.84 Å². The van der Waals surface area contributed by atoms with Gasteiger partial charge in [0.25, 0.3) is 5.91 Å². The van der Waals surface area contributed by atoms with E-state index in [1.54, 1.807) is 6.92 Å². The van der Waals surface area contributed by atoms with Gasteiger partial charge in [-0.05, 0) is 25.2 Å². The summed E-state index contributed by atoms with van der Waals surface area (Å²) < 4.78 is 30.1. The van der Waals surface area contributed by atoms with Crippen LogP contribution in [0.1, 0.15) is 42.6 Å². The molecule has 1 fully saturated rings. The minimum atomic E-state index is -3.26. The van der Waals surface area contributed by atoms with Crippen molar-refractivity contribution in [1.29, 1.82) is 0 Å². The Morgan fingerprint density at radius 3 is 2.61 bits per heavy atom. The molecule has 0 bridgehead atoms. The summed E-state index contributed by atoms with van der Waals surface area (Å²) in [5.41, 5.74) is 1.09. The van der Waals surface area contributed by atoms with Crippen molar-refractivity contribution in [2.45, 2.75) is 40.2 Å². The number of hydrogen-bond acceptors (Lipinski definition) is 5. The molecule has 0 spiro atoms. The van der Waals surface area contributed by atoms with Crippen molar-refractivity contribution in [3.8, 4) is 0 Å². The van der Waals surface area contributed by atoms with Crippen LogP contribution in [0, 0.1) is 18.8 Å². The van der Waals surface area contributed by atoms with Crippen LogP contribution in [0.25, 0.3) is 0 Å². The topological polar surface area (TPSA) is 92.5 Å². The smallest absolute Gasteiger partial charge is 0.257 e. The molecule has 0 unspecified atom stereocenters. The van der Waals surface area contributed by atoms with Crippen LogP contribution >= 0.6 is 0 Å². The molecule has 23 heavy (non-hydrogen) atoms. The zero-order valence-corrected chi connectivity index (χ0v) is 15.1. The van der Waals surface area contributed by atoms with Crippen LogP contribution in [0.5, 0.6) is 0 Å². The first-order valence-electron chi connectivity index (χ1n) is 7.86. The van der Waals surface area contributed by atoms with E-state index >= 15 is 0 Å². The molecule has 1 amide bonds. The first-order chi connectivity index (χ1) is 10.6. The standard InChI is InChI=1S/C15H25N3O4S/c1-6-12-14(10(4)22-17-12)15(19)16-13-8-18(23(5,20)21)7-11(13)9(2)3/h9,11,13H,6-8H2,1-5H3,(H,16,19)/t11-,13+/m1/s1. The number of amides is 1. The van der Waals surface area contributed by atoms with E-state index in [1.165, 1.54) is 10.6 Å². The molecular formula is C15H25N3O4S. The average Bonchev–Trinajstić information content (AvgIpc) is 3.01. The summed E-state index contributed by atoms with van der Waals surface area (Å²) in [6.07, 6.45) is 1.81. The van der Waals surface area contributed by atoms with Crippen molar-refractivity contribution in [2.24, 2.45) is 11.8 Å². The highest BCUT2D eigenvalue weighted by atomic mass is 32.2. The lowest BCUT2D eigenvalue weighted by Crippen LogP contribution is -2.42. The Bertz CT molecular complexity index is 681. The fraction of sp³-hybridized carbons (Fsp3) is 0.733. The molecule has 1 aliphatic rings. The second-order valence-corrected chi connectivity index (χ2v) is 8.46. The molecule has 1 aliphatic heterocycles. The monoisotopic (exact) mass is 343 g/mol. The molecule has 1 aromatic rings. The van der Waals surface area contributed by atoms with E-state index in [-0.39, 0.29) is 23.8 Å². The van der Waals surface area contributed by atoms with Gasteiger partial charge in [-0.3, -0.25) is 4.79 Å². The first kappa shape index (κ1) is 17.9. The van der Waals surface area contributed by atoms with Gasteiger partial charge in [0.2, 0.25) is 10.0 Å². The Kier molecular flexibility index (Phi) is 5.15. The van der Waals surface area contributed by atoms with E-state index in [0.717, 1.165) is 0 Å². The summed E-state index contributed by atoms with van der Waals surface area (Å²) in [6.45, 7) is 8.43. The molecule has 0 aromatic carbocycles. The molecule has 2 atom stereocenters. The highest BCUT2D eigenvalue weighted by Crippen LogP contribution is 2.27. The lowest BCUT2D eigenvalue weighted by atomic mass is 9.91. The third-order valence-corrected chi connectivity index (χ3v) is 5.70. The third-order valence-electron chi connectivity index (χ3n) is 4.47. The normalized spacial score (nSPS) is 22.7. The predicted octanol–water partition coefficient (Wildman–Crippen LogP) is 1.19. The van der Waals surface area contributed by atoms with Crippen LogP contribution in [-0.2, 0) is 16.4 Å². The molecule has 1 aromatic heterocycles. The zero-order valence-electron chi connectivity index (χ0n) is 14.3. The molecule has 1 saturated heterocycles. The Hall–Kier alpha value is -1.41. The lowest BCUT2D eigenvalue weighted by molar-refractivity contribution is 0.0923. The number of nitrogens with one attached hydrogen (secondary N) is 1. The largest absolute Gasteiger partial charge is 0.361 e. The molecule has 1 N–H and O–H groups in total. The predicted molar refractivity (Wildman–Crippen MR) is 86.6 cm³/mol. The van der Waals surface area contributed by atoms with Crippen LogP contribution < -0.4 is 5.32 Å². The van der Waals surface area contributed by atoms with Crippen molar-refractivity contribution in [3.63, 3.8) is 0 Å². The SMILES string of the molecule is CCc1noc(C)c1C(=O)N[C@H]1CN(S(C)(=O)=O)C[C@@H]1C(C)C. The molecule has 8 heteroatoms. The van der Waals surface area contributed by atoms with Gasteiger partial charge in [-0.2, -0.15) is 4.31 Å². The number of nitrogens with zero attached hydrogens (tertiary/aromatic N) is 2. The van der Waals surface area contributed by atoms with Gasteiger partial charge in [0.1, 0.15) is 11.3 Å². The molecule has 7 nitrogen and oxygen atoms in total. The molecule has 0 aliphatic carbocycles. The molecule has 0 radical (unpaired) electrons. The maximum atomic E-state index is 12.6. The van der Waals surface area contributed by atoms with Crippen LogP contribution in [0.15, 0.2) is 4.52 Å². The summed E-state index contributed by atoms with van der Waals surface area (Å²) in [4.78, 5) is 12.6. The van der Waals surface area contributed by atoms with Crippen molar-refractivity contribution >= 4 is 15.9 Å². The van der Waals surface area contributed by atoms with E-state index in [1.807, 2.05) is 20.8 Å². The van der Waals surface area contributed by atoms with E-state index < -0.39 is 10.0 Å². The maximum absolute atomic E-state index is 12.6. The Morgan fingerprint density at radius 2 is 2.09 bits per heavy atom. The second kappa shape index (κ2) is 6.60. The Morgan fingerprint density at radius 1 is 1.43 bits per heavy atom. The number of sulfonamides is 1. The van der Waals surface area contributed by atoms with Crippen LogP contribution in [0.3, 0.4) is 0 Å². The minimum absolute atomic E-state index is 0.0823. The van der Waals surface area contributed by atoms with Gasteiger partial charge in [-0.15, -0.1) is 0 Å². The van der Waals surface area contributed by atoms with Gasteiger partial charge >= 0.3 is 0 Å². The second-order valence-electron chi connectivity index (χ2n) is 6.48. The number of carbonyl (C=O) groups is 1. The fourth-order valence-electron chi connectivity index (χ4n) is 3.08. The lowest BCUT2D eigenvalue weighted by Gasteiger charge is -2.22. The number of carbonyl (C=O) groups excluding carboxylic acids is 1. The van der Waals surface area contributed by atoms with E-state index in [0.29, 0.717) is 36.5 Å². The maximum Gasteiger partial charge on any atom is 0.257 e. The average molecular weight is 343 g/mol. The minimum Gasteiger partial charge on any atom is -0.361 e. The van der Waals surface area contributed by atoms with E-state index in [4.69, 9.17) is 4.52 Å². The summed E-state index contributed by atoms with van der Waals surface area (Å²) in [7, 11) is -3.26. The number of aromatic nitrogens is 1. The number of rotatable bonds is 5. The van der Waals surface area contributed by atoms with Gasteiger partial charge in [0, 0.05) is 19.1 Å². The fourth-order valence-corrected chi connectivity index (χ4v) is 3.96. The van der Waals surface area contributed by atoms with Crippen molar-refractivity contribution in [2.75, 3.05) is 19.3 Å². The summed E-state index contributed by atoms with van der Waals surface area (Å²) in [5, 5.41) is 6.88. The van der Waals surface area contributed by atoms with Crippen LogP contribution in [0.2, 0.25) is 0 Å². The van der Waals surface area contributed by atoms with Gasteiger partial charge in [0.05, 0.1) is 11.9 Å². The molecule has 130 valence electrons. The third kappa shape index (κ3) is 3.74. The molecule has 2 heterocycles. The van der Waals surface area contributed by atoms with E-state index in [2.05, 4.69) is 10.5 Å². The van der Waals surface area contributed by atoms with Gasteiger partial charge in [-0.1, -0.05) is 25.9 Å². The quantitative estimate of drug-likeness (QED) is 0.867. The summed E-state index contributed by atoms with van der Waals surface area (Å²) in [6, 6.07) is -0.212.